The third-order valence-corrected chi connectivity index (χ3v) is 4.27. The Morgan fingerprint density at radius 3 is 1.71 bits per heavy atom. The average molecular weight is 242 g/mol. The molecule has 0 heterocycles. The average Bonchev–Trinajstić information content (AvgIpc) is 2.28. The fourth-order valence-electron chi connectivity index (χ4n) is 2.19. The highest BCUT2D eigenvalue weighted by Gasteiger charge is 2.09. The van der Waals surface area contributed by atoms with Crippen LogP contribution in [0.2, 0.25) is 0 Å². The minimum atomic E-state index is -0.143. The van der Waals surface area contributed by atoms with Crippen LogP contribution in [-0.2, 0) is 0 Å². The molecule has 0 aliphatic heterocycles. The van der Waals surface area contributed by atoms with Crippen LogP contribution in [0.5, 0.6) is 0 Å². The van der Waals surface area contributed by atoms with Crippen molar-refractivity contribution in [3.05, 3.63) is 0 Å². The molecule has 0 saturated carbocycles. The number of hydrogen-bond donors (Lipinski definition) is 1. The Hall–Kier alpha value is -0.0400. The fraction of sp³-hybridized carbons (Fsp3) is 1.00. The monoisotopic (exact) mass is 242 g/mol. The highest BCUT2D eigenvalue weighted by atomic mass is 16.3. The highest BCUT2D eigenvalue weighted by Crippen LogP contribution is 2.20. The standard InChI is InChI=1S/C16H34O/c1-6-13(2)9-7-10-14(3)11-8-12-15(4)16(5)17/h13-17H,6-12H2,1-5H3/t13-,14-,15+,16-/m1/s1. The summed E-state index contributed by atoms with van der Waals surface area (Å²) in [5, 5.41) is 9.42. The van der Waals surface area contributed by atoms with Crippen molar-refractivity contribution in [2.75, 3.05) is 0 Å². The summed E-state index contributed by atoms with van der Waals surface area (Å²) in [5.74, 6) is 2.22. The maximum absolute atomic E-state index is 9.42. The summed E-state index contributed by atoms with van der Waals surface area (Å²) in [6, 6.07) is 0. The van der Waals surface area contributed by atoms with Gasteiger partial charge in [-0.1, -0.05) is 66.2 Å². The molecule has 4 atom stereocenters. The summed E-state index contributed by atoms with van der Waals surface area (Å²) in [6.07, 6.45) is 9.12. The molecule has 0 radical (unpaired) electrons. The zero-order chi connectivity index (χ0) is 13.3. The van der Waals surface area contributed by atoms with Crippen molar-refractivity contribution < 1.29 is 5.11 Å². The molecule has 0 saturated heterocycles. The molecule has 1 nitrogen and oxygen atoms in total. The molecule has 1 N–H and O–H groups in total. The first kappa shape index (κ1) is 17.0. The van der Waals surface area contributed by atoms with E-state index in [2.05, 4.69) is 27.7 Å². The van der Waals surface area contributed by atoms with Crippen LogP contribution in [0.3, 0.4) is 0 Å². The number of aliphatic hydroxyl groups is 1. The number of rotatable bonds is 10. The van der Waals surface area contributed by atoms with E-state index < -0.39 is 0 Å². The van der Waals surface area contributed by atoms with Gasteiger partial charge < -0.3 is 5.11 Å². The van der Waals surface area contributed by atoms with Crippen molar-refractivity contribution in [3.63, 3.8) is 0 Å². The van der Waals surface area contributed by atoms with Gasteiger partial charge in [0.1, 0.15) is 0 Å². The Kier molecular flexibility index (Phi) is 9.91. The lowest BCUT2D eigenvalue weighted by Crippen LogP contribution is -2.13. The predicted octanol–water partition coefficient (Wildman–Crippen LogP) is 5.03. The summed E-state index contributed by atoms with van der Waals surface area (Å²) < 4.78 is 0. The van der Waals surface area contributed by atoms with Crippen molar-refractivity contribution in [2.45, 2.75) is 85.7 Å². The molecule has 0 unspecified atom stereocenters. The molecule has 104 valence electrons. The van der Waals surface area contributed by atoms with Crippen LogP contribution in [0.15, 0.2) is 0 Å². The van der Waals surface area contributed by atoms with Gasteiger partial charge in [0.2, 0.25) is 0 Å². The van der Waals surface area contributed by atoms with Crippen molar-refractivity contribution in [1.29, 1.82) is 0 Å². The molecule has 0 aromatic carbocycles. The van der Waals surface area contributed by atoms with Crippen LogP contribution in [0.25, 0.3) is 0 Å². The second-order valence-corrected chi connectivity index (χ2v) is 6.20. The van der Waals surface area contributed by atoms with Crippen LogP contribution in [0.4, 0.5) is 0 Å². The second kappa shape index (κ2) is 9.94. The molecule has 0 fully saturated rings. The zero-order valence-corrected chi connectivity index (χ0v) is 12.7. The van der Waals surface area contributed by atoms with E-state index in [4.69, 9.17) is 0 Å². The van der Waals surface area contributed by atoms with Crippen molar-refractivity contribution >= 4 is 0 Å². The van der Waals surface area contributed by atoms with Gasteiger partial charge >= 0.3 is 0 Å². The largest absolute Gasteiger partial charge is 0.393 e. The highest BCUT2D eigenvalue weighted by molar-refractivity contribution is 4.62. The number of aliphatic hydroxyl groups excluding tert-OH is 1. The van der Waals surface area contributed by atoms with Crippen molar-refractivity contribution in [2.24, 2.45) is 17.8 Å². The topological polar surface area (TPSA) is 20.2 Å². The maximum Gasteiger partial charge on any atom is 0.0537 e. The Balaban J connectivity index is 3.43. The molecule has 1 heteroatoms. The van der Waals surface area contributed by atoms with E-state index in [0.29, 0.717) is 5.92 Å². The molecular formula is C16H34O. The first-order valence-corrected chi connectivity index (χ1v) is 7.65. The molecule has 0 rings (SSSR count). The lowest BCUT2D eigenvalue weighted by atomic mass is 9.91. The van der Waals surface area contributed by atoms with Crippen LogP contribution in [0.1, 0.15) is 79.6 Å². The molecule has 0 aliphatic carbocycles. The lowest BCUT2D eigenvalue weighted by molar-refractivity contribution is 0.127. The predicted molar refractivity (Wildman–Crippen MR) is 77.2 cm³/mol. The third kappa shape index (κ3) is 9.64. The van der Waals surface area contributed by atoms with Crippen LogP contribution >= 0.6 is 0 Å². The first-order chi connectivity index (χ1) is 7.97. The van der Waals surface area contributed by atoms with E-state index in [9.17, 15) is 5.11 Å². The fourth-order valence-corrected chi connectivity index (χ4v) is 2.19. The number of hydrogen-bond acceptors (Lipinski definition) is 1. The SMILES string of the molecule is CC[C@@H](C)CCC[C@@H](C)CCC[C@H](C)[C@@H](C)O. The van der Waals surface area contributed by atoms with Crippen LogP contribution in [-0.4, -0.2) is 11.2 Å². The van der Waals surface area contributed by atoms with Gasteiger partial charge in [-0.05, 0) is 31.1 Å². The van der Waals surface area contributed by atoms with E-state index >= 15 is 0 Å². The molecule has 0 amide bonds. The Morgan fingerprint density at radius 2 is 1.24 bits per heavy atom. The van der Waals surface area contributed by atoms with E-state index in [1.807, 2.05) is 6.92 Å². The van der Waals surface area contributed by atoms with Gasteiger partial charge in [0, 0.05) is 0 Å². The van der Waals surface area contributed by atoms with Crippen LogP contribution < -0.4 is 0 Å². The molecule has 0 aromatic heterocycles. The summed E-state index contributed by atoms with van der Waals surface area (Å²) in [6.45, 7) is 11.1. The Morgan fingerprint density at radius 1 is 0.765 bits per heavy atom. The van der Waals surface area contributed by atoms with Gasteiger partial charge in [-0.3, -0.25) is 0 Å². The summed E-state index contributed by atoms with van der Waals surface area (Å²) in [4.78, 5) is 0. The quantitative estimate of drug-likeness (QED) is 0.570. The summed E-state index contributed by atoms with van der Waals surface area (Å²) in [7, 11) is 0. The normalized spacial score (nSPS) is 18.7. The van der Waals surface area contributed by atoms with Gasteiger partial charge in [-0.25, -0.2) is 0 Å². The van der Waals surface area contributed by atoms with Gasteiger partial charge in [-0.2, -0.15) is 0 Å². The molecular weight excluding hydrogens is 208 g/mol. The molecule has 0 bridgehead atoms. The minimum Gasteiger partial charge on any atom is -0.393 e. The van der Waals surface area contributed by atoms with Gasteiger partial charge in [0.15, 0.2) is 0 Å². The maximum atomic E-state index is 9.42. The van der Waals surface area contributed by atoms with Crippen LogP contribution in [0, 0.1) is 17.8 Å². The van der Waals surface area contributed by atoms with Gasteiger partial charge in [0.25, 0.3) is 0 Å². The minimum absolute atomic E-state index is 0.143. The third-order valence-electron chi connectivity index (χ3n) is 4.27. The zero-order valence-electron chi connectivity index (χ0n) is 12.7. The second-order valence-electron chi connectivity index (χ2n) is 6.20. The first-order valence-electron chi connectivity index (χ1n) is 7.65. The summed E-state index contributed by atoms with van der Waals surface area (Å²) in [5.41, 5.74) is 0. The molecule has 0 aliphatic rings. The van der Waals surface area contributed by atoms with E-state index in [1.54, 1.807) is 0 Å². The lowest BCUT2D eigenvalue weighted by Gasteiger charge is -2.16. The molecule has 0 spiro atoms. The van der Waals surface area contributed by atoms with E-state index in [0.717, 1.165) is 11.8 Å². The van der Waals surface area contributed by atoms with Crippen molar-refractivity contribution in [1.82, 2.24) is 0 Å². The Labute approximate surface area is 109 Å². The molecule has 0 aromatic rings. The van der Waals surface area contributed by atoms with Gasteiger partial charge in [-0.15, -0.1) is 0 Å². The van der Waals surface area contributed by atoms with Gasteiger partial charge in [0.05, 0.1) is 6.10 Å². The summed E-state index contributed by atoms with van der Waals surface area (Å²) >= 11 is 0. The van der Waals surface area contributed by atoms with Crippen molar-refractivity contribution in [3.8, 4) is 0 Å². The van der Waals surface area contributed by atoms with E-state index in [-0.39, 0.29) is 6.10 Å². The Bertz CT molecular complexity index is 165. The molecule has 17 heavy (non-hydrogen) atoms. The van der Waals surface area contributed by atoms with E-state index in [1.165, 1.54) is 44.9 Å². The smallest absolute Gasteiger partial charge is 0.0537 e.